The number of nitrogen functional groups attached to an aromatic ring is 1. The van der Waals surface area contributed by atoms with E-state index >= 15 is 0 Å². The van der Waals surface area contributed by atoms with E-state index in [1.807, 2.05) is 25.1 Å². The maximum atomic E-state index is 12.3. The van der Waals surface area contributed by atoms with Crippen LogP contribution < -0.4 is 11.1 Å². The third-order valence-corrected chi connectivity index (χ3v) is 3.81. The molecule has 17 heavy (non-hydrogen) atoms. The predicted octanol–water partition coefficient (Wildman–Crippen LogP) is 1.66. The van der Waals surface area contributed by atoms with Gasteiger partial charge in [0.15, 0.2) is 0 Å². The second kappa shape index (κ2) is 3.47. The zero-order chi connectivity index (χ0) is 12.0. The molecule has 0 bridgehead atoms. The summed E-state index contributed by atoms with van der Waals surface area (Å²) in [5.74, 6) is 0.0910. The molecular weight excluding hydrogens is 216 g/mol. The van der Waals surface area contributed by atoms with Crippen LogP contribution in [0.15, 0.2) is 18.2 Å². The van der Waals surface area contributed by atoms with E-state index in [4.69, 9.17) is 10.5 Å². The van der Waals surface area contributed by atoms with Crippen LogP contribution in [0.1, 0.15) is 25.3 Å². The third kappa shape index (κ3) is 1.44. The largest absolute Gasteiger partial charge is 0.399 e. The average molecular weight is 232 g/mol. The number of fused-ring (bicyclic) bond motifs is 2. The number of hydrogen-bond donors (Lipinski definition) is 2. The maximum absolute atomic E-state index is 12.3. The van der Waals surface area contributed by atoms with Crippen LogP contribution in [0.3, 0.4) is 0 Å². The first-order chi connectivity index (χ1) is 8.12. The Hall–Kier alpha value is -1.55. The molecule has 0 aromatic heterocycles. The maximum Gasteiger partial charge on any atom is 0.235 e. The van der Waals surface area contributed by atoms with Gasteiger partial charge in [-0.3, -0.25) is 4.79 Å². The molecule has 2 heterocycles. The molecule has 3 rings (SSSR count). The summed E-state index contributed by atoms with van der Waals surface area (Å²) < 4.78 is 5.55. The number of rotatable bonds is 0. The quantitative estimate of drug-likeness (QED) is 0.668. The van der Waals surface area contributed by atoms with Crippen molar-refractivity contribution in [2.45, 2.75) is 31.3 Å². The molecule has 0 saturated carbocycles. The Balaban J connectivity index is 2.09. The summed E-state index contributed by atoms with van der Waals surface area (Å²) in [5.41, 5.74) is 7.97. The van der Waals surface area contributed by atoms with Gasteiger partial charge in [-0.15, -0.1) is 0 Å². The lowest BCUT2D eigenvalue weighted by molar-refractivity contribution is -0.126. The molecule has 2 atom stereocenters. The second-order valence-electron chi connectivity index (χ2n) is 4.98. The van der Waals surface area contributed by atoms with Gasteiger partial charge >= 0.3 is 0 Å². The zero-order valence-electron chi connectivity index (χ0n) is 9.82. The van der Waals surface area contributed by atoms with Crippen molar-refractivity contribution in [1.82, 2.24) is 0 Å². The summed E-state index contributed by atoms with van der Waals surface area (Å²) in [6.45, 7) is 2.65. The molecule has 1 aromatic rings. The lowest BCUT2D eigenvalue weighted by Crippen LogP contribution is -2.42. The van der Waals surface area contributed by atoms with E-state index in [0.717, 1.165) is 24.1 Å². The van der Waals surface area contributed by atoms with Gasteiger partial charge in [-0.25, -0.2) is 0 Å². The van der Waals surface area contributed by atoms with E-state index in [0.29, 0.717) is 12.3 Å². The van der Waals surface area contributed by atoms with Crippen LogP contribution in [0.5, 0.6) is 0 Å². The number of carbonyl (C=O) groups excluding carboxylic acids is 1. The summed E-state index contributed by atoms with van der Waals surface area (Å²) in [7, 11) is 0. The van der Waals surface area contributed by atoms with Crippen molar-refractivity contribution in [3.8, 4) is 0 Å². The number of amides is 1. The van der Waals surface area contributed by atoms with Gasteiger partial charge in [0.1, 0.15) is 0 Å². The van der Waals surface area contributed by atoms with E-state index in [1.165, 1.54) is 0 Å². The smallest absolute Gasteiger partial charge is 0.235 e. The van der Waals surface area contributed by atoms with Gasteiger partial charge in [0.25, 0.3) is 0 Å². The monoisotopic (exact) mass is 232 g/mol. The van der Waals surface area contributed by atoms with Crippen molar-refractivity contribution < 1.29 is 9.53 Å². The topological polar surface area (TPSA) is 64.3 Å². The molecule has 2 aliphatic heterocycles. The van der Waals surface area contributed by atoms with Gasteiger partial charge in [0.2, 0.25) is 5.91 Å². The van der Waals surface area contributed by atoms with Gasteiger partial charge in [0, 0.05) is 18.0 Å². The fraction of sp³-hybridized carbons (Fsp3) is 0.462. The van der Waals surface area contributed by atoms with Gasteiger partial charge in [0.05, 0.1) is 11.5 Å². The van der Waals surface area contributed by atoms with Gasteiger partial charge in [-0.1, -0.05) is 6.07 Å². The van der Waals surface area contributed by atoms with E-state index in [9.17, 15) is 4.79 Å². The molecule has 0 radical (unpaired) electrons. The molecule has 1 amide bonds. The molecule has 3 N–H and O–H groups in total. The van der Waals surface area contributed by atoms with Crippen molar-refractivity contribution >= 4 is 17.3 Å². The summed E-state index contributed by atoms with van der Waals surface area (Å²) in [6, 6.07) is 5.67. The molecule has 90 valence electrons. The fourth-order valence-corrected chi connectivity index (χ4v) is 2.98. The summed E-state index contributed by atoms with van der Waals surface area (Å²) >= 11 is 0. The Morgan fingerprint density at radius 2 is 2.35 bits per heavy atom. The molecule has 0 aliphatic carbocycles. The Morgan fingerprint density at radius 1 is 1.53 bits per heavy atom. The van der Waals surface area contributed by atoms with Crippen LogP contribution in [-0.4, -0.2) is 18.6 Å². The summed E-state index contributed by atoms with van der Waals surface area (Å²) in [6.07, 6.45) is 1.62. The highest BCUT2D eigenvalue weighted by atomic mass is 16.5. The molecular formula is C13H16N2O2. The van der Waals surface area contributed by atoms with Crippen LogP contribution in [-0.2, 0) is 14.9 Å². The van der Waals surface area contributed by atoms with Crippen molar-refractivity contribution in [1.29, 1.82) is 0 Å². The zero-order valence-corrected chi connectivity index (χ0v) is 9.82. The van der Waals surface area contributed by atoms with E-state index in [-0.39, 0.29) is 12.0 Å². The van der Waals surface area contributed by atoms with Gasteiger partial charge in [-0.05, 0) is 37.5 Å². The normalized spacial score (nSPS) is 31.4. The Morgan fingerprint density at radius 3 is 3.12 bits per heavy atom. The predicted molar refractivity (Wildman–Crippen MR) is 65.8 cm³/mol. The summed E-state index contributed by atoms with van der Waals surface area (Å²) in [5, 5.41) is 2.94. The number of anilines is 2. The van der Waals surface area contributed by atoms with Crippen molar-refractivity contribution in [3.05, 3.63) is 23.8 Å². The first-order valence-electron chi connectivity index (χ1n) is 5.95. The Bertz CT molecular complexity index is 486. The third-order valence-electron chi connectivity index (χ3n) is 3.81. The molecule has 0 unspecified atom stereocenters. The number of carbonyl (C=O) groups is 1. The number of nitrogens with one attached hydrogen (secondary N) is 1. The highest BCUT2D eigenvalue weighted by Crippen LogP contribution is 2.46. The first kappa shape index (κ1) is 10.6. The highest BCUT2D eigenvalue weighted by Gasteiger charge is 2.49. The van der Waals surface area contributed by atoms with Gasteiger partial charge < -0.3 is 15.8 Å². The minimum Gasteiger partial charge on any atom is -0.399 e. The molecule has 1 saturated heterocycles. The van der Waals surface area contributed by atoms with E-state index < -0.39 is 5.41 Å². The van der Waals surface area contributed by atoms with Crippen molar-refractivity contribution in [3.63, 3.8) is 0 Å². The minimum absolute atomic E-state index is 0.0910. The first-order valence-corrected chi connectivity index (χ1v) is 5.95. The average Bonchev–Trinajstić information content (AvgIpc) is 2.51. The SMILES string of the molecule is C[C@@H]1C[C@]2(CCO1)C(=O)Nc1cc(N)ccc12. The number of ether oxygens (including phenoxy) is 1. The van der Waals surface area contributed by atoms with Crippen LogP contribution in [0.25, 0.3) is 0 Å². The van der Waals surface area contributed by atoms with E-state index in [1.54, 1.807) is 0 Å². The van der Waals surface area contributed by atoms with Crippen LogP contribution >= 0.6 is 0 Å². The number of nitrogens with two attached hydrogens (primary N) is 1. The molecule has 1 fully saturated rings. The Labute approximate surface area is 100 Å². The van der Waals surface area contributed by atoms with Crippen LogP contribution in [0, 0.1) is 0 Å². The molecule has 4 heteroatoms. The minimum atomic E-state index is -0.402. The lowest BCUT2D eigenvalue weighted by Gasteiger charge is -2.35. The van der Waals surface area contributed by atoms with Crippen molar-refractivity contribution in [2.75, 3.05) is 17.7 Å². The van der Waals surface area contributed by atoms with Crippen LogP contribution in [0.4, 0.5) is 11.4 Å². The number of hydrogen-bond acceptors (Lipinski definition) is 3. The second-order valence-corrected chi connectivity index (χ2v) is 4.98. The fourth-order valence-electron chi connectivity index (χ4n) is 2.98. The van der Waals surface area contributed by atoms with Crippen molar-refractivity contribution in [2.24, 2.45) is 0 Å². The molecule has 1 aromatic carbocycles. The summed E-state index contributed by atoms with van der Waals surface area (Å²) in [4.78, 5) is 12.3. The molecule has 2 aliphatic rings. The highest BCUT2D eigenvalue weighted by molar-refractivity contribution is 6.06. The standard InChI is InChI=1S/C13H16N2O2/c1-8-7-13(4-5-17-8)10-3-2-9(14)6-11(10)15-12(13)16/h2-3,6,8H,4-5,7,14H2,1H3,(H,15,16)/t8-,13+/m1/s1. The van der Waals surface area contributed by atoms with Gasteiger partial charge in [-0.2, -0.15) is 0 Å². The molecule has 1 spiro atoms. The lowest BCUT2D eigenvalue weighted by atomic mass is 9.73. The Kier molecular flexibility index (Phi) is 2.16. The number of benzene rings is 1. The van der Waals surface area contributed by atoms with Crippen LogP contribution in [0.2, 0.25) is 0 Å². The van der Waals surface area contributed by atoms with E-state index in [2.05, 4.69) is 5.32 Å². The molecule has 4 nitrogen and oxygen atoms in total.